The molecule has 2 unspecified atom stereocenters. The predicted octanol–water partition coefficient (Wildman–Crippen LogP) is 5.91. The molecule has 0 spiro atoms. The molecule has 5 heteroatoms. The van der Waals surface area contributed by atoms with E-state index in [2.05, 4.69) is 55.5 Å². The SMILES string of the molecule is C=C(c1c(C)c(=O)cnn1C(C)C(c1ccccc1)c1cccc(Cl)c1)N(C)C(C)C. The number of hydrogen-bond donors (Lipinski definition) is 0. The minimum absolute atomic E-state index is 0.00907. The smallest absolute Gasteiger partial charge is 0.203 e. The number of rotatable bonds is 7. The molecule has 2 atom stereocenters. The predicted molar refractivity (Wildman–Crippen MR) is 130 cm³/mol. The van der Waals surface area contributed by atoms with Crippen LogP contribution in [-0.2, 0) is 0 Å². The van der Waals surface area contributed by atoms with Crippen molar-refractivity contribution in [3.63, 3.8) is 0 Å². The third kappa shape index (κ3) is 4.75. The van der Waals surface area contributed by atoms with E-state index in [9.17, 15) is 4.79 Å². The highest BCUT2D eigenvalue weighted by Gasteiger charge is 2.27. The molecule has 31 heavy (non-hydrogen) atoms. The molecule has 0 fully saturated rings. The summed E-state index contributed by atoms with van der Waals surface area (Å²) in [6.07, 6.45) is 1.40. The summed E-state index contributed by atoms with van der Waals surface area (Å²) in [5.74, 6) is -0.00907. The summed E-state index contributed by atoms with van der Waals surface area (Å²) in [4.78, 5) is 14.6. The number of nitrogens with zero attached hydrogens (tertiary/aromatic N) is 3. The van der Waals surface area contributed by atoms with Gasteiger partial charge in [-0.2, -0.15) is 5.10 Å². The monoisotopic (exact) mass is 435 g/mol. The quantitative estimate of drug-likeness (QED) is 0.463. The maximum absolute atomic E-state index is 12.5. The van der Waals surface area contributed by atoms with Crippen LogP contribution in [0, 0.1) is 6.92 Å². The van der Waals surface area contributed by atoms with Gasteiger partial charge in [0.05, 0.1) is 23.6 Å². The zero-order valence-corrected chi connectivity index (χ0v) is 19.6. The Hall–Kier alpha value is -2.85. The Labute approximate surface area is 189 Å². The second kappa shape index (κ2) is 9.52. The first-order valence-corrected chi connectivity index (χ1v) is 10.9. The van der Waals surface area contributed by atoms with Crippen LogP contribution < -0.4 is 5.43 Å². The van der Waals surface area contributed by atoms with Gasteiger partial charge in [-0.3, -0.25) is 9.48 Å². The normalized spacial score (nSPS) is 13.1. The summed E-state index contributed by atoms with van der Waals surface area (Å²) in [6.45, 7) is 12.5. The Bertz CT molecular complexity index is 1120. The molecule has 2 aromatic carbocycles. The van der Waals surface area contributed by atoms with Gasteiger partial charge in [-0.15, -0.1) is 0 Å². The van der Waals surface area contributed by atoms with E-state index in [-0.39, 0.29) is 23.4 Å². The van der Waals surface area contributed by atoms with Crippen molar-refractivity contribution in [2.75, 3.05) is 7.05 Å². The zero-order chi connectivity index (χ0) is 22.7. The van der Waals surface area contributed by atoms with Crippen LogP contribution in [0.1, 0.15) is 55.1 Å². The van der Waals surface area contributed by atoms with E-state index in [4.69, 9.17) is 11.6 Å². The highest BCUT2D eigenvalue weighted by Crippen LogP contribution is 2.37. The van der Waals surface area contributed by atoms with Crippen LogP contribution in [0.25, 0.3) is 5.70 Å². The maximum Gasteiger partial charge on any atom is 0.203 e. The summed E-state index contributed by atoms with van der Waals surface area (Å²) in [5.41, 5.74) is 4.36. The fourth-order valence-corrected chi connectivity index (χ4v) is 4.14. The molecule has 162 valence electrons. The largest absolute Gasteiger partial charge is 0.371 e. The van der Waals surface area contributed by atoms with Crippen molar-refractivity contribution in [3.8, 4) is 0 Å². The molecular formula is C26H30ClN3O. The number of halogens is 1. The fourth-order valence-electron chi connectivity index (χ4n) is 3.94. The van der Waals surface area contributed by atoms with E-state index in [1.165, 1.54) is 6.20 Å². The lowest BCUT2D eigenvalue weighted by Gasteiger charge is -2.33. The summed E-state index contributed by atoms with van der Waals surface area (Å²) in [6, 6.07) is 18.4. The van der Waals surface area contributed by atoms with Gasteiger partial charge in [0.1, 0.15) is 0 Å². The molecule has 1 aromatic heterocycles. The Kier molecular flexibility index (Phi) is 7.01. The van der Waals surface area contributed by atoms with Gasteiger partial charge < -0.3 is 4.90 Å². The van der Waals surface area contributed by atoms with Crippen molar-refractivity contribution >= 4 is 17.3 Å². The van der Waals surface area contributed by atoms with Crippen LogP contribution in [0.5, 0.6) is 0 Å². The van der Waals surface area contributed by atoms with Crippen molar-refractivity contribution in [1.29, 1.82) is 0 Å². The lowest BCUT2D eigenvalue weighted by atomic mass is 9.85. The molecule has 0 saturated heterocycles. The summed E-state index contributed by atoms with van der Waals surface area (Å²) < 4.78 is 1.94. The van der Waals surface area contributed by atoms with Gasteiger partial charge in [0.25, 0.3) is 0 Å². The topological polar surface area (TPSA) is 38.1 Å². The van der Waals surface area contributed by atoms with Gasteiger partial charge in [0, 0.05) is 29.6 Å². The van der Waals surface area contributed by atoms with Gasteiger partial charge in [0.15, 0.2) is 0 Å². The zero-order valence-electron chi connectivity index (χ0n) is 18.8. The standard InChI is InChI=1S/C26H30ClN3O/c1-17(2)29(6)20(5)26-18(3)24(31)16-28-30(26)19(4)25(21-11-8-7-9-12-21)22-13-10-14-23(27)15-22/h7-17,19,25H,5H2,1-4,6H3. The molecule has 1 heterocycles. The van der Waals surface area contributed by atoms with Crippen molar-refractivity contribution in [3.05, 3.63) is 105 Å². The minimum Gasteiger partial charge on any atom is -0.371 e. The Morgan fingerprint density at radius 2 is 1.71 bits per heavy atom. The van der Waals surface area contributed by atoms with E-state index in [0.717, 1.165) is 22.5 Å². The first-order chi connectivity index (χ1) is 14.7. The van der Waals surface area contributed by atoms with E-state index < -0.39 is 0 Å². The number of benzene rings is 2. The van der Waals surface area contributed by atoms with Crippen LogP contribution in [0.3, 0.4) is 0 Å². The van der Waals surface area contributed by atoms with Gasteiger partial charge >= 0.3 is 0 Å². The fraction of sp³-hybridized carbons (Fsp3) is 0.308. The van der Waals surface area contributed by atoms with Crippen molar-refractivity contribution in [2.24, 2.45) is 0 Å². The summed E-state index contributed by atoms with van der Waals surface area (Å²) in [5, 5.41) is 5.27. The van der Waals surface area contributed by atoms with Crippen LogP contribution in [0.4, 0.5) is 0 Å². The molecule has 0 N–H and O–H groups in total. The third-order valence-electron chi connectivity index (χ3n) is 5.96. The third-order valence-corrected chi connectivity index (χ3v) is 6.20. The summed E-state index contributed by atoms with van der Waals surface area (Å²) in [7, 11) is 1.99. The summed E-state index contributed by atoms with van der Waals surface area (Å²) >= 11 is 6.35. The second-order valence-electron chi connectivity index (χ2n) is 8.26. The van der Waals surface area contributed by atoms with Crippen LogP contribution in [0.15, 0.2) is 72.2 Å². The Morgan fingerprint density at radius 1 is 1.06 bits per heavy atom. The molecular weight excluding hydrogens is 406 g/mol. The molecule has 0 aliphatic carbocycles. The lowest BCUT2D eigenvalue weighted by Crippen LogP contribution is -2.31. The van der Waals surface area contributed by atoms with Gasteiger partial charge in [-0.05, 0) is 51.0 Å². The maximum atomic E-state index is 12.5. The highest BCUT2D eigenvalue weighted by atomic mass is 35.5. The van der Waals surface area contributed by atoms with E-state index in [1.807, 2.05) is 55.1 Å². The lowest BCUT2D eigenvalue weighted by molar-refractivity contribution is 0.378. The second-order valence-corrected chi connectivity index (χ2v) is 8.70. The number of aromatic nitrogens is 2. The van der Waals surface area contributed by atoms with E-state index >= 15 is 0 Å². The Morgan fingerprint density at radius 3 is 2.32 bits per heavy atom. The van der Waals surface area contributed by atoms with Crippen LogP contribution in [0.2, 0.25) is 5.02 Å². The van der Waals surface area contributed by atoms with Gasteiger partial charge in [0.2, 0.25) is 5.43 Å². The average Bonchev–Trinajstić information content (AvgIpc) is 2.75. The first-order valence-electron chi connectivity index (χ1n) is 10.5. The van der Waals surface area contributed by atoms with E-state index in [1.54, 1.807) is 0 Å². The van der Waals surface area contributed by atoms with Crippen molar-refractivity contribution in [1.82, 2.24) is 14.7 Å². The highest BCUT2D eigenvalue weighted by molar-refractivity contribution is 6.30. The molecule has 3 rings (SSSR count). The number of hydrogen-bond acceptors (Lipinski definition) is 3. The van der Waals surface area contributed by atoms with Crippen molar-refractivity contribution < 1.29 is 0 Å². The van der Waals surface area contributed by atoms with E-state index in [0.29, 0.717) is 10.6 Å². The van der Waals surface area contributed by atoms with Crippen molar-refractivity contribution in [2.45, 2.75) is 45.7 Å². The molecule has 0 aliphatic heterocycles. The molecule has 0 bridgehead atoms. The molecule has 3 aromatic rings. The molecule has 0 aliphatic rings. The van der Waals surface area contributed by atoms with Crippen LogP contribution >= 0.6 is 11.6 Å². The molecule has 4 nitrogen and oxygen atoms in total. The van der Waals surface area contributed by atoms with Crippen LogP contribution in [-0.4, -0.2) is 27.8 Å². The minimum atomic E-state index is -0.0903. The molecule has 0 amide bonds. The molecule has 0 saturated carbocycles. The van der Waals surface area contributed by atoms with Gasteiger partial charge in [-0.25, -0.2) is 0 Å². The molecule has 0 radical (unpaired) electrons. The van der Waals surface area contributed by atoms with Gasteiger partial charge in [-0.1, -0.05) is 60.6 Å². The average molecular weight is 436 g/mol. The Balaban J connectivity index is 2.21. The first kappa shape index (κ1) is 22.8.